The van der Waals surface area contributed by atoms with Crippen LogP contribution >= 0.6 is 0 Å². The topological polar surface area (TPSA) is 71.2 Å². The molecule has 0 radical (unpaired) electrons. The molecule has 31 heavy (non-hydrogen) atoms. The fourth-order valence-electron chi connectivity index (χ4n) is 3.77. The first-order valence-electron chi connectivity index (χ1n) is 10.8. The maximum absolute atomic E-state index is 6.22. The Hall–Kier alpha value is -2.83. The highest BCUT2D eigenvalue weighted by molar-refractivity contribution is 5.31. The molecule has 6 nitrogen and oxygen atoms in total. The number of rotatable bonds is 10. The van der Waals surface area contributed by atoms with Gasteiger partial charge in [-0.15, -0.1) is 0 Å². The minimum absolute atomic E-state index is 0.0675. The van der Waals surface area contributed by atoms with Crippen molar-refractivity contribution in [1.29, 1.82) is 0 Å². The van der Waals surface area contributed by atoms with Gasteiger partial charge in [-0.25, -0.2) is 4.98 Å². The van der Waals surface area contributed by atoms with Crippen LogP contribution in [0.3, 0.4) is 0 Å². The second kappa shape index (κ2) is 11.0. The van der Waals surface area contributed by atoms with Crippen molar-refractivity contribution in [1.82, 2.24) is 24.8 Å². The zero-order valence-corrected chi connectivity index (χ0v) is 19.1. The van der Waals surface area contributed by atoms with Crippen LogP contribution in [0.5, 0.6) is 0 Å². The molecule has 6 heteroatoms. The first kappa shape index (κ1) is 22.8. The van der Waals surface area contributed by atoms with Crippen molar-refractivity contribution in [2.45, 2.75) is 24.7 Å². The Bertz CT molecular complexity index is 854. The number of anilines is 1. The Kier molecular flexibility index (Phi) is 8.09. The highest BCUT2D eigenvalue weighted by Gasteiger charge is 2.23. The maximum atomic E-state index is 6.22. The van der Waals surface area contributed by atoms with E-state index in [-0.39, 0.29) is 17.8 Å². The highest BCUT2D eigenvalue weighted by Crippen LogP contribution is 2.30. The van der Waals surface area contributed by atoms with E-state index in [1.807, 2.05) is 12.1 Å². The Labute approximate surface area is 186 Å². The Morgan fingerprint density at radius 1 is 0.645 bits per heavy atom. The van der Waals surface area contributed by atoms with E-state index in [4.69, 9.17) is 10.7 Å². The standard InChI is InChI=1S/C25H34N6/c1-30(2)17-15-21(19-11-7-5-8-12-19)23-27-24(29-25(26)28-23)22(16-18-31(3)4)20-13-9-6-10-14-20/h5-14,21-22H,15-18H2,1-4H3,(H2,26,27,28,29). The van der Waals surface area contributed by atoms with Crippen LogP contribution in [-0.2, 0) is 0 Å². The van der Waals surface area contributed by atoms with Crippen LogP contribution in [0, 0.1) is 0 Å². The Balaban J connectivity index is 2.02. The van der Waals surface area contributed by atoms with Gasteiger partial charge >= 0.3 is 0 Å². The van der Waals surface area contributed by atoms with E-state index >= 15 is 0 Å². The largest absolute Gasteiger partial charge is 0.368 e. The van der Waals surface area contributed by atoms with Gasteiger partial charge in [0.05, 0.1) is 0 Å². The van der Waals surface area contributed by atoms with Gasteiger partial charge < -0.3 is 15.5 Å². The van der Waals surface area contributed by atoms with Crippen molar-refractivity contribution in [2.24, 2.45) is 0 Å². The summed E-state index contributed by atoms with van der Waals surface area (Å²) >= 11 is 0. The van der Waals surface area contributed by atoms with Crippen LogP contribution in [0.1, 0.15) is 47.5 Å². The zero-order valence-electron chi connectivity index (χ0n) is 19.1. The van der Waals surface area contributed by atoms with Crippen LogP contribution in [0.15, 0.2) is 60.7 Å². The van der Waals surface area contributed by atoms with Crippen molar-refractivity contribution in [3.63, 3.8) is 0 Å². The molecule has 0 aliphatic carbocycles. The summed E-state index contributed by atoms with van der Waals surface area (Å²) in [7, 11) is 8.34. The number of nitrogens with two attached hydrogens (primary N) is 1. The van der Waals surface area contributed by atoms with Crippen molar-refractivity contribution in [2.75, 3.05) is 47.0 Å². The van der Waals surface area contributed by atoms with Crippen LogP contribution < -0.4 is 5.73 Å². The summed E-state index contributed by atoms with van der Waals surface area (Å²) in [5.41, 5.74) is 8.62. The predicted octanol–water partition coefficient (Wildman–Crippen LogP) is 3.62. The first-order valence-corrected chi connectivity index (χ1v) is 10.8. The number of hydrogen-bond acceptors (Lipinski definition) is 6. The molecule has 0 aliphatic heterocycles. The van der Waals surface area contributed by atoms with Gasteiger partial charge in [-0.3, -0.25) is 0 Å². The molecular weight excluding hydrogens is 384 g/mol. The molecule has 2 N–H and O–H groups in total. The molecule has 2 aromatic carbocycles. The molecule has 0 aliphatic rings. The van der Waals surface area contributed by atoms with Gasteiger partial charge in [-0.05, 0) is 65.2 Å². The van der Waals surface area contributed by atoms with Gasteiger partial charge in [0.2, 0.25) is 5.95 Å². The van der Waals surface area contributed by atoms with Crippen molar-refractivity contribution in [3.05, 3.63) is 83.4 Å². The molecule has 3 aromatic rings. The molecular formula is C25H34N6. The van der Waals surface area contributed by atoms with E-state index in [1.54, 1.807) is 0 Å². The SMILES string of the molecule is CN(C)CCC(c1ccccc1)c1nc(N)nc(C(CCN(C)C)c2ccccc2)n1. The van der Waals surface area contributed by atoms with E-state index in [0.717, 1.165) is 37.6 Å². The van der Waals surface area contributed by atoms with Gasteiger partial charge in [0.25, 0.3) is 0 Å². The second-order valence-electron chi connectivity index (χ2n) is 8.52. The normalized spacial score (nSPS) is 13.5. The molecule has 0 spiro atoms. The van der Waals surface area contributed by atoms with E-state index in [2.05, 4.69) is 96.5 Å². The third-order valence-corrected chi connectivity index (χ3v) is 5.44. The van der Waals surface area contributed by atoms with Gasteiger partial charge in [0, 0.05) is 11.8 Å². The van der Waals surface area contributed by atoms with Crippen LogP contribution in [0.4, 0.5) is 5.95 Å². The quantitative estimate of drug-likeness (QED) is 0.542. The van der Waals surface area contributed by atoms with Crippen LogP contribution in [0.2, 0.25) is 0 Å². The lowest BCUT2D eigenvalue weighted by molar-refractivity contribution is 0.383. The van der Waals surface area contributed by atoms with E-state index in [0.29, 0.717) is 0 Å². The molecule has 1 heterocycles. The Morgan fingerprint density at radius 3 is 1.39 bits per heavy atom. The molecule has 0 amide bonds. The minimum atomic E-state index is 0.0675. The Morgan fingerprint density at radius 2 is 1.03 bits per heavy atom. The minimum Gasteiger partial charge on any atom is -0.368 e. The number of benzene rings is 2. The van der Waals surface area contributed by atoms with E-state index in [1.165, 1.54) is 11.1 Å². The predicted molar refractivity (Wildman–Crippen MR) is 127 cm³/mol. The summed E-state index contributed by atoms with van der Waals surface area (Å²) in [6, 6.07) is 20.9. The maximum Gasteiger partial charge on any atom is 0.223 e. The molecule has 0 bridgehead atoms. The molecule has 3 rings (SSSR count). The average molecular weight is 419 g/mol. The summed E-state index contributed by atoms with van der Waals surface area (Å²) in [6.07, 6.45) is 1.82. The summed E-state index contributed by atoms with van der Waals surface area (Å²) in [5, 5.41) is 0. The van der Waals surface area contributed by atoms with E-state index in [9.17, 15) is 0 Å². The van der Waals surface area contributed by atoms with Gasteiger partial charge in [0.15, 0.2) is 0 Å². The number of nitrogens with zero attached hydrogens (tertiary/aromatic N) is 5. The van der Waals surface area contributed by atoms with Crippen molar-refractivity contribution in [3.8, 4) is 0 Å². The van der Waals surface area contributed by atoms with Gasteiger partial charge in [0.1, 0.15) is 11.6 Å². The summed E-state index contributed by atoms with van der Waals surface area (Å²) in [4.78, 5) is 18.5. The smallest absolute Gasteiger partial charge is 0.223 e. The molecule has 0 saturated carbocycles. The molecule has 1 aromatic heterocycles. The van der Waals surface area contributed by atoms with Crippen molar-refractivity contribution >= 4 is 5.95 Å². The lowest BCUT2D eigenvalue weighted by atomic mass is 9.93. The summed E-state index contributed by atoms with van der Waals surface area (Å²) < 4.78 is 0. The molecule has 0 saturated heterocycles. The zero-order chi connectivity index (χ0) is 22.2. The fourth-order valence-corrected chi connectivity index (χ4v) is 3.77. The summed E-state index contributed by atoms with van der Waals surface area (Å²) in [5.74, 6) is 1.93. The number of hydrogen-bond donors (Lipinski definition) is 1. The highest BCUT2D eigenvalue weighted by atomic mass is 15.1. The lowest BCUT2D eigenvalue weighted by Gasteiger charge is -2.22. The van der Waals surface area contributed by atoms with E-state index < -0.39 is 0 Å². The summed E-state index contributed by atoms with van der Waals surface area (Å²) in [6.45, 7) is 1.87. The third kappa shape index (κ3) is 6.57. The van der Waals surface area contributed by atoms with Crippen molar-refractivity contribution < 1.29 is 0 Å². The fraction of sp³-hybridized carbons (Fsp3) is 0.400. The molecule has 2 unspecified atom stereocenters. The lowest BCUT2D eigenvalue weighted by Crippen LogP contribution is -2.21. The van der Waals surface area contributed by atoms with Gasteiger partial charge in [-0.2, -0.15) is 9.97 Å². The molecule has 0 fully saturated rings. The number of aromatic nitrogens is 3. The first-order chi connectivity index (χ1) is 14.9. The van der Waals surface area contributed by atoms with Crippen LogP contribution in [0.25, 0.3) is 0 Å². The second-order valence-corrected chi connectivity index (χ2v) is 8.52. The third-order valence-electron chi connectivity index (χ3n) is 5.44. The van der Waals surface area contributed by atoms with Gasteiger partial charge in [-0.1, -0.05) is 60.7 Å². The molecule has 2 atom stereocenters. The van der Waals surface area contributed by atoms with Crippen LogP contribution in [-0.4, -0.2) is 66.0 Å². The average Bonchev–Trinajstić information content (AvgIpc) is 2.75. The molecule has 164 valence electrons. The number of nitrogen functional groups attached to an aromatic ring is 1. The monoisotopic (exact) mass is 418 g/mol.